The van der Waals surface area contributed by atoms with E-state index in [1.54, 1.807) is 18.3 Å². The lowest BCUT2D eigenvalue weighted by Gasteiger charge is -2.06. The molecule has 0 saturated heterocycles. The normalized spacial score (nSPS) is 11.2. The highest BCUT2D eigenvalue weighted by Gasteiger charge is 2.08. The molecule has 0 unspecified atom stereocenters. The number of aromatic nitrogens is 1. The lowest BCUT2D eigenvalue weighted by molar-refractivity contribution is 0.0955. The minimum Gasteiger partial charge on any atom is -0.342 e. The second-order valence-corrected chi connectivity index (χ2v) is 7.84. The van der Waals surface area contributed by atoms with Crippen LogP contribution in [0.25, 0.3) is 10.9 Å². The van der Waals surface area contributed by atoms with Gasteiger partial charge in [-0.25, -0.2) is 5.43 Å². The lowest BCUT2D eigenvalue weighted by atomic mass is 10.1. The van der Waals surface area contributed by atoms with Gasteiger partial charge in [0.1, 0.15) is 0 Å². The number of nitrogens with one attached hydrogen (secondary N) is 1. The Morgan fingerprint density at radius 2 is 1.90 bits per heavy atom. The smallest absolute Gasteiger partial charge is 0.271 e. The molecule has 1 N–H and O–H groups in total. The zero-order valence-electron chi connectivity index (χ0n) is 16.0. The predicted molar refractivity (Wildman–Crippen MR) is 121 cm³/mol. The highest BCUT2D eigenvalue weighted by Crippen LogP contribution is 2.21. The van der Waals surface area contributed by atoms with Crippen LogP contribution in [0.5, 0.6) is 0 Å². The van der Waals surface area contributed by atoms with Gasteiger partial charge in [-0.3, -0.25) is 4.79 Å². The number of hydrogen-bond acceptors (Lipinski definition) is 2. The molecule has 0 aliphatic carbocycles. The van der Waals surface area contributed by atoms with Crippen LogP contribution in [0.2, 0.25) is 0 Å². The Morgan fingerprint density at radius 3 is 2.72 bits per heavy atom. The van der Waals surface area contributed by atoms with Crippen molar-refractivity contribution in [3.05, 3.63) is 106 Å². The summed E-state index contributed by atoms with van der Waals surface area (Å²) >= 11 is 3.38. The summed E-state index contributed by atoms with van der Waals surface area (Å²) < 4.78 is 3.06. The third kappa shape index (κ3) is 4.46. The van der Waals surface area contributed by atoms with Crippen molar-refractivity contribution in [2.45, 2.75) is 13.5 Å². The fourth-order valence-electron chi connectivity index (χ4n) is 3.37. The van der Waals surface area contributed by atoms with Crippen molar-refractivity contribution in [1.29, 1.82) is 0 Å². The maximum atomic E-state index is 12.3. The zero-order valence-corrected chi connectivity index (χ0v) is 17.6. The molecule has 1 amide bonds. The van der Waals surface area contributed by atoms with Crippen LogP contribution in [-0.4, -0.2) is 16.7 Å². The molecule has 29 heavy (non-hydrogen) atoms. The quantitative estimate of drug-likeness (QED) is 0.318. The summed E-state index contributed by atoms with van der Waals surface area (Å²) in [6.07, 6.45) is 3.77. The number of hydrogen-bond donors (Lipinski definition) is 1. The fraction of sp³-hybridized carbons (Fsp3) is 0.0833. The monoisotopic (exact) mass is 445 g/mol. The Hall–Kier alpha value is -3.18. The van der Waals surface area contributed by atoms with E-state index in [1.807, 2.05) is 24.3 Å². The molecule has 0 fully saturated rings. The van der Waals surface area contributed by atoms with Crippen molar-refractivity contribution in [3.8, 4) is 0 Å². The fourth-order valence-corrected chi connectivity index (χ4v) is 3.77. The van der Waals surface area contributed by atoms with E-state index in [0.717, 1.165) is 27.5 Å². The van der Waals surface area contributed by atoms with E-state index in [-0.39, 0.29) is 5.91 Å². The van der Waals surface area contributed by atoms with Crippen LogP contribution < -0.4 is 5.43 Å². The van der Waals surface area contributed by atoms with Crippen LogP contribution in [-0.2, 0) is 6.54 Å². The summed E-state index contributed by atoms with van der Waals surface area (Å²) in [6, 6.07) is 23.9. The summed E-state index contributed by atoms with van der Waals surface area (Å²) in [5.74, 6) is -0.244. The Morgan fingerprint density at radius 1 is 1.07 bits per heavy atom. The standard InChI is InChI=1S/C24H20BrN3O/c1-17-6-4-7-18(12-17)15-28-16-20(22-10-2-3-11-23(22)28)14-26-27-24(29)19-8-5-9-21(25)13-19/h2-14,16H,15H2,1H3,(H,27,29)/b26-14-. The summed E-state index contributed by atoms with van der Waals surface area (Å²) in [7, 11) is 0. The molecule has 0 aliphatic heterocycles. The molecule has 0 spiro atoms. The predicted octanol–water partition coefficient (Wildman–Crippen LogP) is 5.52. The van der Waals surface area contributed by atoms with Gasteiger partial charge in [-0.15, -0.1) is 0 Å². The number of nitrogens with zero attached hydrogens (tertiary/aromatic N) is 2. The molecule has 0 atom stereocenters. The van der Waals surface area contributed by atoms with Crippen LogP contribution in [0.1, 0.15) is 27.0 Å². The molecule has 4 rings (SSSR count). The number of para-hydroxylation sites is 1. The molecule has 1 heterocycles. The first-order chi connectivity index (χ1) is 14.1. The van der Waals surface area contributed by atoms with Gasteiger partial charge in [0, 0.05) is 39.2 Å². The molecule has 0 aliphatic rings. The first-order valence-electron chi connectivity index (χ1n) is 9.32. The van der Waals surface area contributed by atoms with Gasteiger partial charge in [0.25, 0.3) is 5.91 Å². The minimum atomic E-state index is -0.244. The SMILES string of the molecule is Cc1cccc(Cn2cc(/C=N\NC(=O)c3cccc(Br)c3)c3ccccc32)c1. The van der Waals surface area contributed by atoms with Crippen molar-refractivity contribution in [1.82, 2.24) is 9.99 Å². The topological polar surface area (TPSA) is 46.4 Å². The van der Waals surface area contributed by atoms with Gasteiger partial charge in [-0.2, -0.15) is 5.10 Å². The highest BCUT2D eigenvalue weighted by molar-refractivity contribution is 9.10. The van der Waals surface area contributed by atoms with Gasteiger partial charge in [0.05, 0.1) is 6.21 Å². The first kappa shape index (κ1) is 19.2. The van der Waals surface area contributed by atoms with Crippen molar-refractivity contribution in [2.24, 2.45) is 5.10 Å². The number of carbonyl (C=O) groups excluding carboxylic acids is 1. The van der Waals surface area contributed by atoms with E-state index < -0.39 is 0 Å². The summed E-state index contributed by atoms with van der Waals surface area (Å²) in [5.41, 5.74) is 7.75. The first-order valence-corrected chi connectivity index (χ1v) is 10.1. The molecule has 144 valence electrons. The van der Waals surface area contributed by atoms with Gasteiger partial charge < -0.3 is 4.57 Å². The van der Waals surface area contributed by atoms with Crippen molar-refractivity contribution in [2.75, 3.05) is 0 Å². The lowest BCUT2D eigenvalue weighted by Crippen LogP contribution is -2.17. The maximum Gasteiger partial charge on any atom is 0.271 e. The van der Waals surface area contributed by atoms with Crippen molar-refractivity contribution in [3.63, 3.8) is 0 Å². The van der Waals surface area contributed by atoms with Crippen LogP contribution in [0.3, 0.4) is 0 Å². The largest absolute Gasteiger partial charge is 0.342 e. The van der Waals surface area contributed by atoms with E-state index in [4.69, 9.17) is 0 Å². The number of halogens is 1. The van der Waals surface area contributed by atoms with E-state index in [9.17, 15) is 4.79 Å². The van der Waals surface area contributed by atoms with Gasteiger partial charge in [-0.05, 0) is 36.8 Å². The van der Waals surface area contributed by atoms with Crippen molar-refractivity contribution >= 4 is 39.0 Å². The average molecular weight is 446 g/mol. The Kier molecular flexibility index (Phi) is 5.58. The van der Waals surface area contributed by atoms with E-state index in [2.05, 4.69) is 80.5 Å². The van der Waals surface area contributed by atoms with Gasteiger partial charge in [0.2, 0.25) is 0 Å². The number of fused-ring (bicyclic) bond motifs is 1. The zero-order chi connectivity index (χ0) is 20.2. The van der Waals surface area contributed by atoms with Gasteiger partial charge >= 0.3 is 0 Å². The molecular formula is C24H20BrN3O. The second kappa shape index (κ2) is 8.45. The van der Waals surface area contributed by atoms with E-state index >= 15 is 0 Å². The number of benzene rings is 3. The third-order valence-corrected chi connectivity index (χ3v) is 5.20. The summed E-state index contributed by atoms with van der Waals surface area (Å²) in [6.45, 7) is 2.88. The third-order valence-electron chi connectivity index (χ3n) is 4.71. The number of carbonyl (C=O) groups is 1. The summed E-state index contributed by atoms with van der Waals surface area (Å²) in [5, 5.41) is 5.28. The molecule has 3 aromatic carbocycles. The van der Waals surface area contributed by atoms with Gasteiger partial charge in [-0.1, -0.05) is 70.0 Å². The average Bonchev–Trinajstić information content (AvgIpc) is 3.06. The highest BCUT2D eigenvalue weighted by atomic mass is 79.9. The molecule has 4 aromatic rings. The van der Waals surface area contributed by atoms with E-state index in [0.29, 0.717) is 5.56 Å². The second-order valence-electron chi connectivity index (χ2n) is 6.93. The minimum absolute atomic E-state index is 0.244. The number of rotatable bonds is 5. The number of amides is 1. The summed E-state index contributed by atoms with van der Waals surface area (Å²) in [4.78, 5) is 12.3. The number of hydrazone groups is 1. The van der Waals surface area contributed by atoms with Crippen LogP contribution in [0.4, 0.5) is 0 Å². The molecule has 0 radical (unpaired) electrons. The Labute approximate surface area is 178 Å². The molecule has 1 aromatic heterocycles. The maximum absolute atomic E-state index is 12.3. The van der Waals surface area contributed by atoms with E-state index in [1.165, 1.54) is 11.1 Å². The molecule has 4 nitrogen and oxygen atoms in total. The molecule has 0 bridgehead atoms. The van der Waals surface area contributed by atoms with Gasteiger partial charge in [0.15, 0.2) is 0 Å². The van der Waals surface area contributed by atoms with Crippen molar-refractivity contribution < 1.29 is 4.79 Å². The van der Waals surface area contributed by atoms with Crippen LogP contribution >= 0.6 is 15.9 Å². The van der Waals surface area contributed by atoms with Crippen LogP contribution in [0.15, 0.2) is 88.6 Å². The van der Waals surface area contributed by atoms with Crippen LogP contribution in [0, 0.1) is 6.92 Å². The Balaban J connectivity index is 1.57. The molecule has 0 saturated carbocycles. The molecule has 5 heteroatoms. The Bertz CT molecular complexity index is 1210. The molecular weight excluding hydrogens is 426 g/mol. The number of aryl methyl sites for hydroxylation is 1.